The normalized spacial score (nSPS) is 12.0. The molecule has 11 rings (SSSR count). The van der Waals surface area contributed by atoms with Crippen molar-refractivity contribution in [3.05, 3.63) is 164 Å². The van der Waals surface area contributed by atoms with Gasteiger partial charge < -0.3 is 8.98 Å². The number of aromatic nitrogens is 3. The predicted molar refractivity (Wildman–Crippen MR) is 207 cm³/mol. The van der Waals surface area contributed by atoms with Crippen molar-refractivity contribution >= 4 is 76.2 Å². The maximum Gasteiger partial charge on any atom is 0.161 e. The molecule has 0 N–H and O–H groups in total. The van der Waals surface area contributed by atoms with Crippen LogP contribution in [-0.4, -0.2) is 14.5 Å². The molecule has 0 amide bonds. The minimum Gasteiger partial charge on any atom is -0.455 e. The Morgan fingerprint density at radius 1 is 0.440 bits per heavy atom. The number of nitrogens with zero attached hydrogens (tertiary/aromatic N) is 3. The molecule has 4 nitrogen and oxygen atoms in total. The van der Waals surface area contributed by atoms with Gasteiger partial charge in [0.15, 0.2) is 5.82 Å². The highest BCUT2D eigenvalue weighted by Crippen LogP contribution is 2.42. The smallest absolute Gasteiger partial charge is 0.161 e. The molecule has 4 heteroatoms. The van der Waals surface area contributed by atoms with Gasteiger partial charge in [-0.15, -0.1) is 0 Å². The molecule has 11 aromatic rings. The Labute approximate surface area is 286 Å². The summed E-state index contributed by atoms with van der Waals surface area (Å²) in [5.41, 5.74) is 9.05. The van der Waals surface area contributed by atoms with Gasteiger partial charge >= 0.3 is 0 Å². The van der Waals surface area contributed by atoms with E-state index in [1.807, 2.05) is 18.2 Å². The van der Waals surface area contributed by atoms with Gasteiger partial charge in [-0.1, -0.05) is 115 Å². The summed E-state index contributed by atoms with van der Waals surface area (Å²) in [7, 11) is 0. The number of rotatable bonds is 3. The van der Waals surface area contributed by atoms with Crippen LogP contribution in [0.3, 0.4) is 0 Å². The zero-order chi connectivity index (χ0) is 32.8. The van der Waals surface area contributed by atoms with Gasteiger partial charge in [-0.05, 0) is 64.7 Å². The first kappa shape index (κ1) is 27.2. The van der Waals surface area contributed by atoms with Gasteiger partial charge in [0.2, 0.25) is 0 Å². The lowest BCUT2D eigenvalue weighted by Gasteiger charge is -2.12. The van der Waals surface area contributed by atoms with E-state index in [1.165, 1.54) is 32.6 Å². The Morgan fingerprint density at radius 2 is 1.14 bits per heavy atom. The Morgan fingerprint density at radius 3 is 2.00 bits per heavy atom. The van der Waals surface area contributed by atoms with Crippen molar-refractivity contribution in [2.45, 2.75) is 0 Å². The standard InChI is InChI=1S/C46H27N3O/c1-2-12-28(13-3-1)44-35-19-8-10-20-40(35)47-46(48-44)39-27-38-37-26-31(22-23-43(37)50-45(38)34-18-7-6-16-32(34)39)49-41-21-11-9-17-33(41)36-24-29-14-4-5-15-30(29)25-42(36)49/h1-27H. The van der Waals surface area contributed by atoms with Crippen molar-refractivity contribution in [2.75, 3.05) is 0 Å². The number of para-hydroxylation sites is 2. The first-order valence-corrected chi connectivity index (χ1v) is 16.9. The molecule has 0 radical (unpaired) electrons. The lowest BCUT2D eigenvalue weighted by atomic mass is 9.99. The summed E-state index contributed by atoms with van der Waals surface area (Å²) in [6.07, 6.45) is 0. The van der Waals surface area contributed by atoms with E-state index in [4.69, 9.17) is 14.4 Å². The van der Waals surface area contributed by atoms with E-state index in [0.717, 1.165) is 66.1 Å². The molecule has 0 unspecified atom stereocenters. The van der Waals surface area contributed by atoms with Gasteiger partial charge in [0, 0.05) is 49.1 Å². The summed E-state index contributed by atoms with van der Waals surface area (Å²) in [6, 6.07) is 57.8. The van der Waals surface area contributed by atoms with Crippen molar-refractivity contribution in [1.82, 2.24) is 14.5 Å². The third-order valence-electron chi connectivity index (χ3n) is 10.2. The quantitative estimate of drug-likeness (QED) is 0.194. The van der Waals surface area contributed by atoms with Gasteiger partial charge in [0.1, 0.15) is 11.2 Å². The second-order valence-electron chi connectivity index (χ2n) is 13.0. The first-order chi connectivity index (χ1) is 24.8. The van der Waals surface area contributed by atoms with Crippen molar-refractivity contribution in [1.29, 1.82) is 0 Å². The molecule has 0 bridgehead atoms. The summed E-state index contributed by atoms with van der Waals surface area (Å²) in [5, 5.41) is 10.2. The van der Waals surface area contributed by atoms with Crippen LogP contribution in [0.2, 0.25) is 0 Å². The second kappa shape index (κ2) is 10.4. The third-order valence-corrected chi connectivity index (χ3v) is 10.2. The van der Waals surface area contributed by atoms with Crippen LogP contribution >= 0.6 is 0 Å². The molecule has 8 aromatic carbocycles. The van der Waals surface area contributed by atoms with E-state index < -0.39 is 0 Å². The summed E-state index contributed by atoms with van der Waals surface area (Å²) in [4.78, 5) is 10.4. The van der Waals surface area contributed by atoms with Gasteiger partial charge in [0.25, 0.3) is 0 Å². The van der Waals surface area contributed by atoms with Crippen molar-refractivity contribution < 1.29 is 4.42 Å². The fourth-order valence-corrected chi connectivity index (χ4v) is 7.86. The van der Waals surface area contributed by atoms with Crippen molar-refractivity contribution in [3.63, 3.8) is 0 Å². The van der Waals surface area contributed by atoms with E-state index in [-0.39, 0.29) is 0 Å². The van der Waals surface area contributed by atoms with Crippen LogP contribution in [0.15, 0.2) is 168 Å². The Balaban J connectivity index is 1.20. The first-order valence-electron chi connectivity index (χ1n) is 16.9. The molecule has 0 atom stereocenters. The SMILES string of the molecule is c1ccc(-c2nc(-c3cc4c5cc(-n6c7ccccc7c7cc8ccccc8cc76)ccc5oc4c4ccccc34)nc3ccccc23)cc1. The lowest BCUT2D eigenvalue weighted by Crippen LogP contribution is -1.96. The minimum absolute atomic E-state index is 0.695. The van der Waals surface area contributed by atoms with Gasteiger partial charge in [0.05, 0.1) is 22.2 Å². The third kappa shape index (κ3) is 3.93. The van der Waals surface area contributed by atoms with E-state index in [1.54, 1.807) is 0 Å². The molecular formula is C46H27N3O. The van der Waals surface area contributed by atoms with Gasteiger partial charge in [-0.2, -0.15) is 0 Å². The fraction of sp³-hybridized carbons (Fsp3) is 0. The maximum absolute atomic E-state index is 6.67. The molecular weight excluding hydrogens is 611 g/mol. The summed E-state index contributed by atoms with van der Waals surface area (Å²) in [5.74, 6) is 0.695. The topological polar surface area (TPSA) is 43.9 Å². The summed E-state index contributed by atoms with van der Waals surface area (Å²) in [6.45, 7) is 0. The van der Waals surface area contributed by atoms with E-state index in [9.17, 15) is 0 Å². The number of furan rings is 1. The number of fused-ring (bicyclic) bond motifs is 10. The number of hydrogen-bond acceptors (Lipinski definition) is 3. The molecule has 0 saturated carbocycles. The monoisotopic (exact) mass is 637 g/mol. The predicted octanol–water partition coefficient (Wildman–Crippen LogP) is 12.3. The van der Waals surface area contributed by atoms with Crippen LogP contribution < -0.4 is 0 Å². The van der Waals surface area contributed by atoms with Crippen molar-refractivity contribution in [2.24, 2.45) is 0 Å². The van der Waals surface area contributed by atoms with Crippen LogP contribution in [-0.2, 0) is 0 Å². The molecule has 0 aliphatic heterocycles. The molecule has 0 aliphatic carbocycles. The molecule has 0 saturated heterocycles. The average Bonchev–Trinajstić information content (AvgIpc) is 3.71. The molecule has 3 aromatic heterocycles. The van der Waals surface area contributed by atoms with Crippen LogP contribution in [0.5, 0.6) is 0 Å². The van der Waals surface area contributed by atoms with Gasteiger partial charge in [-0.25, -0.2) is 9.97 Å². The van der Waals surface area contributed by atoms with Crippen LogP contribution in [0.25, 0.3) is 105 Å². The van der Waals surface area contributed by atoms with Crippen LogP contribution in [0.4, 0.5) is 0 Å². The van der Waals surface area contributed by atoms with E-state index in [0.29, 0.717) is 5.82 Å². The highest BCUT2D eigenvalue weighted by atomic mass is 16.3. The molecule has 0 spiro atoms. The van der Waals surface area contributed by atoms with E-state index >= 15 is 0 Å². The zero-order valence-corrected chi connectivity index (χ0v) is 26.8. The Bertz CT molecular complexity index is 3150. The Kier molecular flexibility index (Phi) is 5.63. The molecule has 0 fully saturated rings. The maximum atomic E-state index is 6.67. The van der Waals surface area contributed by atoms with Crippen LogP contribution in [0.1, 0.15) is 0 Å². The average molecular weight is 638 g/mol. The molecule has 0 aliphatic rings. The van der Waals surface area contributed by atoms with E-state index in [2.05, 4.69) is 150 Å². The highest BCUT2D eigenvalue weighted by Gasteiger charge is 2.20. The van der Waals surface area contributed by atoms with Crippen LogP contribution in [0, 0.1) is 0 Å². The highest BCUT2D eigenvalue weighted by molar-refractivity contribution is 6.20. The number of benzene rings is 8. The fourth-order valence-electron chi connectivity index (χ4n) is 7.86. The lowest BCUT2D eigenvalue weighted by molar-refractivity contribution is 0.672. The molecule has 50 heavy (non-hydrogen) atoms. The molecule has 232 valence electrons. The van der Waals surface area contributed by atoms with Crippen molar-refractivity contribution in [3.8, 4) is 28.3 Å². The summed E-state index contributed by atoms with van der Waals surface area (Å²) >= 11 is 0. The summed E-state index contributed by atoms with van der Waals surface area (Å²) < 4.78 is 9.06. The molecule has 3 heterocycles. The second-order valence-corrected chi connectivity index (χ2v) is 13.0. The number of hydrogen-bond donors (Lipinski definition) is 0. The minimum atomic E-state index is 0.695. The largest absolute Gasteiger partial charge is 0.455 e. The zero-order valence-electron chi connectivity index (χ0n) is 26.8. The van der Waals surface area contributed by atoms with Gasteiger partial charge in [-0.3, -0.25) is 0 Å². The Hall–Kier alpha value is -6.78.